The van der Waals surface area contributed by atoms with Gasteiger partial charge in [-0.1, -0.05) is 12.1 Å². The minimum Gasteiger partial charge on any atom is -0.496 e. The Morgan fingerprint density at radius 3 is 2.54 bits per heavy atom. The van der Waals surface area contributed by atoms with Crippen LogP contribution >= 0.6 is 0 Å². The molecule has 1 aromatic carbocycles. The number of benzene rings is 1. The lowest BCUT2D eigenvalue weighted by molar-refractivity contribution is 0.0140. The van der Waals surface area contributed by atoms with E-state index < -0.39 is 5.60 Å². The molecule has 0 aliphatic heterocycles. The van der Waals surface area contributed by atoms with Gasteiger partial charge < -0.3 is 15.2 Å². The predicted octanol–water partition coefficient (Wildman–Crippen LogP) is 2.94. The van der Waals surface area contributed by atoms with E-state index in [0.717, 1.165) is 49.1 Å². The fourth-order valence-electron chi connectivity index (χ4n) is 3.12. The zero-order valence-corrected chi connectivity index (χ0v) is 14.3. The van der Waals surface area contributed by atoms with Crippen molar-refractivity contribution in [1.82, 2.24) is 15.3 Å². The largest absolute Gasteiger partial charge is 0.496 e. The Morgan fingerprint density at radius 1 is 1.21 bits per heavy atom. The molecule has 1 heterocycles. The van der Waals surface area contributed by atoms with E-state index in [2.05, 4.69) is 15.3 Å². The van der Waals surface area contributed by atoms with Crippen LogP contribution < -0.4 is 10.1 Å². The summed E-state index contributed by atoms with van der Waals surface area (Å²) in [5, 5.41) is 13.5. The van der Waals surface area contributed by atoms with E-state index in [1.165, 1.54) is 0 Å². The molecule has 0 bridgehead atoms. The third-order valence-corrected chi connectivity index (χ3v) is 4.71. The lowest BCUT2D eigenvalue weighted by Gasteiger charge is -2.33. The molecule has 128 valence electrons. The molecule has 0 unspecified atom stereocenters. The van der Waals surface area contributed by atoms with Crippen molar-refractivity contribution in [3.05, 3.63) is 42.2 Å². The molecule has 1 fully saturated rings. The Kier molecular flexibility index (Phi) is 5.11. The summed E-state index contributed by atoms with van der Waals surface area (Å²) in [4.78, 5) is 8.95. The minimum absolute atomic E-state index is 0.458. The van der Waals surface area contributed by atoms with Crippen LogP contribution in [0.2, 0.25) is 0 Å². The molecule has 5 heteroatoms. The maximum Gasteiger partial charge on any atom is 0.162 e. The Morgan fingerprint density at radius 2 is 1.88 bits per heavy atom. The van der Waals surface area contributed by atoms with Crippen LogP contribution in [-0.2, 0) is 6.54 Å². The van der Waals surface area contributed by atoms with E-state index in [0.29, 0.717) is 11.9 Å². The highest BCUT2D eigenvalue weighted by atomic mass is 16.5. The van der Waals surface area contributed by atoms with Crippen LogP contribution in [0.5, 0.6) is 5.75 Å². The second-order valence-electron chi connectivity index (χ2n) is 6.77. The number of ether oxygens (including phenoxy) is 1. The Bertz CT molecular complexity index is 661. The van der Waals surface area contributed by atoms with E-state index in [1.54, 1.807) is 7.11 Å². The number of nitrogens with zero attached hydrogens (tertiary/aromatic N) is 2. The highest BCUT2D eigenvalue weighted by molar-refractivity contribution is 5.63. The van der Waals surface area contributed by atoms with E-state index in [-0.39, 0.29) is 0 Å². The number of methoxy groups -OCH3 is 1. The summed E-state index contributed by atoms with van der Waals surface area (Å²) in [5.41, 5.74) is 1.47. The Hall–Kier alpha value is -1.98. The first-order valence-electron chi connectivity index (χ1n) is 8.47. The van der Waals surface area contributed by atoms with Crippen molar-refractivity contribution < 1.29 is 9.84 Å². The molecule has 0 radical (unpaired) electrons. The van der Waals surface area contributed by atoms with E-state index in [1.807, 2.05) is 43.6 Å². The second-order valence-corrected chi connectivity index (χ2v) is 6.77. The summed E-state index contributed by atoms with van der Waals surface area (Å²) in [6, 6.07) is 8.21. The SMILES string of the molecule is COc1ccccc1-c1ncc(CNC2CCC(C)(O)CC2)cn1. The average molecular weight is 327 g/mol. The predicted molar refractivity (Wildman–Crippen MR) is 93.7 cm³/mol. The molecule has 2 N–H and O–H groups in total. The van der Waals surface area contributed by atoms with Crippen LogP contribution in [0.15, 0.2) is 36.7 Å². The highest BCUT2D eigenvalue weighted by Crippen LogP contribution is 2.28. The zero-order chi connectivity index (χ0) is 17.0. The summed E-state index contributed by atoms with van der Waals surface area (Å²) in [7, 11) is 1.65. The first kappa shape index (κ1) is 16.9. The Balaban J connectivity index is 1.59. The van der Waals surface area contributed by atoms with Gasteiger partial charge in [-0.3, -0.25) is 0 Å². The van der Waals surface area contributed by atoms with Gasteiger partial charge in [-0.15, -0.1) is 0 Å². The van der Waals surface area contributed by atoms with Crippen LogP contribution in [0, 0.1) is 0 Å². The summed E-state index contributed by atoms with van der Waals surface area (Å²) in [6.45, 7) is 2.67. The number of aromatic nitrogens is 2. The van der Waals surface area contributed by atoms with Crippen molar-refractivity contribution in [2.24, 2.45) is 0 Å². The summed E-state index contributed by atoms with van der Waals surface area (Å²) in [5.74, 6) is 1.45. The minimum atomic E-state index is -0.488. The highest BCUT2D eigenvalue weighted by Gasteiger charge is 2.28. The molecule has 24 heavy (non-hydrogen) atoms. The monoisotopic (exact) mass is 327 g/mol. The molecule has 1 saturated carbocycles. The second kappa shape index (κ2) is 7.28. The van der Waals surface area contributed by atoms with Crippen LogP contribution in [0.3, 0.4) is 0 Å². The molecule has 1 aliphatic rings. The van der Waals surface area contributed by atoms with Gasteiger partial charge in [0.2, 0.25) is 0 Å². The van der Waals surface area contributed by atoms with Crippen LogP contribution in [-0.4, -0.2) is 33.8 Å². The van der Waals surface area contributed by atoms with Gasteiger partial charge in [0, 0.05) is 30.5 Å². The van der Waals surface area contributed by atoms with Crippen LogP contribution in [0.25, 0.3) is 11.4 Å². The topological polar surface area (TPSA) is 67.3 Å². The van der Waals surface area contributed by atoms with Crippen LogP contribution in [0.4, 0.5) is 0 Å². The first-order valence-corrected chi connectivity index (χ1v) is 8.47. The third kappa shape index (κ3) is 4.10. The zero-order valence-electron chi connectivity index (χ0n) is 14.3. The fraction of sp³-hybridized carbons (Fsp3) is 0.474. The molecule has 1 aromatic heterocycles. The molecule has 1 aliphatic carbocycles. The van der Waals surface area contributed by atoms with Gasteiger partial charge in [0.25, 0.3) is 0 Å². The van der Waals surface area contributed by atoms with Gasteiger partial charge >= 0.3 is 0 Å². The number of aliphatic hydroxyl groups is 1. The molecule has 0 saturated heterocycles. The molecule has 0 atom stereocenters. The van der Waals surface area contributed by atoms with E-state index in [9.17, 15) is 5.11 Å². The van der Waals surface area contributed by atoms with E-state index in [4.69, 9.17) is 4.74 Å². The van der Waals surface area contributed by atoms with Gasteiger partial charge in [-0.2, -0.15) is 0 Å². The van der Waals surface area contributed by atoms with Crippen molar-refractivity contribution in [3.63, 3.8) is 0 Å². The molecule has 5 nitrogen and oxygen atoms in total. The normalized spacial score (nSPS) is 23.9. The number of rotatable bonds is 5. The van der Waals surface area contributed by atoms with E-state index >= 15 is 0 Å². The number of hydrogen-bond acceptors (Lipinski definition) is 5. The smallest absolute Gasteiger partial charge is 0.162 e. The molecular weight excluding hydrogens is 302 g/mol. The fourth-order valence-corrected chi connectivity index (χ4v) is 3.12. The molecule has 3 rings (SSSR count). The standard InChI is InChI=1S/C19H25N3O2/c1-19(23)9-7-15(8-10-19)20-11-14-12-21-18(22-13-14)16-5-3-4-6-17(16)24-2/h3-6,12-13,15,20,23H,7-11H2,1-2H3. The maximum atomic E-state index is 10.0. The lowest BCUT2D eigenvalue weighted by Crippen LogP contribution is -2.39. The summed E-state index contributed by atoms with van der Waals surface area (Å²) >= 11 is 0. The molecule has 0 spiro atoms. The van der Waals surface area contributed by atoms with Gasteiger partial charge in [0.15, 0.2) is 5.82 Å². The quantitative estimate of drug-likeness (QED) is 0.884. The lowest BCUT2D eigenvalue weighted by atomic mass is 9.83. The number of hydrogen-bond donors (Lipinski definition) is 2. The number of para-hydroxylation sites is 1. The Labute approximate surface area is 143 Å². The van der Waals surface area contributed by atoms with Gasteiger partial charge in [0.1, 0.15) is 5.75 Å². The third-order valence-electron chi connectivity index (χ3n) is 4.71. The average Bonchev–Trinajstić information content (AvgIpc) is 2.61. The van der Waals surface area contributed by atoms with Crippen LogP contribution in [0.1, 0.15) is 38.2 Å². The maximum absolute atomic E-state index is 10.0. The van der Waals surface area contributed by atoms with Crippen molar-refractivity contribution >= 4 is 0 Å². The summed E-state index contributed by atoms with van der Waals surface area (Å²) in [6.07, 6.45) is 7.45. The summed E-state index contributed by atoms with van der Waals surface area (Å²) < 4.78 is 5.36. The first-order chi connectivity index (χ1) is 11.6. The molecular formula is C19H25N3O2. The number of nitrogens with one attached hydrogen (secondary N) is 1. The molecule has 0 amide bonds. The van der Waals surface area contributed by atoms with Crippen molar-refractivity contribution in [3.8, 4) is 17.1 Å². The van der Waals surface area contributed by atoms with Crippen molar-refractivity contribution in [1.29, 1.82) is 0 Å². The van der Waals surface area contributed by atoms with Gasteiger partial charge in [-0.25, -0.2) is 9.97 Å². The van der Waals surface area contributed by atoms with Crippen molar-refractivity contribution in [2.75, 3.05) is 7.11 Å². The van der Waals surface area contributed by atoms with Gasteiger partial charge in [0.05, 0.1) is 18.3 Å². The van der Waals surface area contributed by atoms with Crippen molar-refractivity contribution in [2.45, 2.75) is 50.8 Å². The molecule has 2 aromatic rings. The van der Waals surface area contributed by atoms with Gasteiger partial charge in [-0.05, 0) is 44.7 Å².